The molecule has 1 aliphatic rings. The van der Waals surface area contributed by atoms with Crippen LogP contribution in [0, 0.1) is 0 Å². The van der Waals surface area contributed by atoms with E-state index in [1.807, 2.05) is 0 Å². The number of carbonyl (C=O) groups is 3. The van der Waals surface area contributed by atoms with Crippen LogP contribution in [-0.2, 0) is 4.79 Å². The molecule has 1 N–H and O–H groups in total. The van der Waals surface area contributed by atoms with Crippen LogP contribution in [0.4, 0.5) is 0 Å². The number of hydrogen-bond donors (Lipinski definition) is 1. The molecule has 5 nitrogen and oxygen atoms in total. The minimum absolute atomic E-state index is 0.0192. The lowest BCUT2D eigenvalue weighted by Crippen LogP contribution is -2.30. The lowest BCUT2D eigenvalue weighted by atomic mass is 10.1. The first-order valence-corrected chi connectivity index (χ1v) is 6.81. The van der Waals surface area contributed by atoms with Crippen LogP contribution in [0.5, 0.6) is 0 Å². The average Bonchev–Trinajstić information content (AvgIpc) is 2.71. The molecule has 0 spiro atoms. The van der Waals surface area contributed by atoms with Gasteiger partial charge in [0.05, 0.1) is 11.1 Å². The Hall–Kier alpha value is -2.17. The summed E-state index contributed by atoms with van der Waals surface area (Å²) in [7, 11) is 1.61. The molecule has 20 heavy (non-hydrogen) atoms. The van der Waals surface area contributed by atoms with Crippen LogP contribution in [-0.4, -0.2) is 36.2 Å². The van der Waals surface area contributed by atoms with E-state index < -0.39 is 0 Å². The fourth-order valence-electron chi connectivity index (χ4n) is 2.30. The summed E-state index contributed by atoms with van der Waals surface area (Å²) in [6, 6.07) is 6.88. The standard InChI is InChI=1S/C15H18N2O3/c1-16-13(18)9-3-2-6-10-17-14(19)11-7-4-5-8-12(11)15(17)20/h4-5,7-8H,2-3,6,9-10H2,1H3,(H,16,18). The van der Waals surface area contributed by atoms with Crippen molar-refractivity contribution in [2.24, 2.45) is 0 Å². The number of rotatable bonds is 6. The maximum absolute atomic E-state index is 12.1. The molecule has 0 unspecified atom stereocenters. The number of benzene rings is 1. The number of nitrogens with zero attached hydrogens (tertiary/aromatic N) is 1. The van der Waals surface area contributed by atoms with Gasteiger partial charge in [-0.3, -0.25) is 19.3 Å². The second-order valence-electron chi connectivity index (χ2n) is 4.79. The first-order chi connectivity index (χ1) is 9.65. The molecule has 2 rings (SSSR count). The Kier molecular flexibility index (Phi) is 4.50. The fourth-order valence-corrected chi connectivity index (χ4v) is 2.30. The van der Waals surface area contributed by atoms with Crippen molar-refractivity contribution >= 4 is 17.7 Å². The largest absolute Gasteiger partial charge is 0.359 e. The molecule has 1 aromatic rings. The molecule has 0 saturated heterocycles. The highest BCUT2D eigenvalue weighted by molar-refractivity contribution is 6.21. The third kappa shape index (κ3) is 2.87. The normalized spacial score (nSPS) is 13.6. The number of amides is 3. The number of unbranched alkanes of at least 4 members (excludes halogenated alkanes) is 2. The van der Waals surface area contributed by atoms with Gasteiger partial charge in [0.2, 0.25) is 5.91 Å². The molecule has 0 aromatic heterocycles. The second kappa shape index (κ2) is 6.32. The van der Waals surface area contributed by atoms with Gasteiger partial charge in [0.1, 0.15) is 0 Å². The van der Waals surface area contributed by atoms with Crippen molar-refractivity contribution in [2.75, 3.05) is 13.6 Å². The smallest absolute Gasteiger partial charge is 0.261 e. The summed E-state index contributed by atoms with van der Waals surface area (Å²) >= 11 is 0. The number of hydrogen-bond acceptors (Lipinski definition) is 3. The van der Waals surface area contributed by atoms with Crippen LogP contribution < -0.4 is 5.32 Å². The zero-order chi connectivity index (χ0) is 14.5. The number of imide groups is 1. The lowest BCUT2D eigenvalue weighted by Gasteiger charge is -2.13. The maximum atomic E-state index is 12.1. The lowest BCUT2D eigenvalue weighted by molar-refractivity contribution is -0.120. The molecule has 5 heteroatoms. The average molecular weight is 274 g/mol. The molecular weight excluding hydrogens is 256 g/mol. The van der Waals surface area contributed by atoms with E-state index in [1.165, 1.54) is 4.90 Å². The Morgan fingerprint density at radius 3 is 2.20 bits per heavy atom. The molecule has 1 aromatic carbocycles. The number of carbonyl (C=O) groups excluding carboxylic acids is 3. The van der Waals surface area contributed by atoms with Gasteiger partial charge in [0, 0.05) is 20.0 Å². The third-order valence-electron chi connectivity index (χ3n) is 3.44. The van der Waals surface area contributed by atoms with Crippen LogP contribution in [0.2, 0.25) is 0 Å². The van der Waals surface area contributed by atoms with Crippen molar-refractivity contribution in [1.82, 2.24) is 10.2 Å². The van der Waals surface area contributed by atoms with Crippen LogP contribution in [0.15, 0.2) is 24.3 Å². The highest BCUT2D eigenvalue weighted by Gasteiger charge is 2.34. The molecule has 3 amide bonds. The van der Waals surface area contributed by atoms with Gasteiger partial charge < -0.3 is 5.32 Å². The van der Waals surface area contributed by atoms with Crippen LogP contribution in [0.3, 0.4) is 0 Å². The summed E-state index contributed by atoms with van der Waals surface area (Å²) in [6.07, 6.45) is 2.80. The van der Waals surface area contributed by atoms with E-state index in [1.54, 1.807) is 31.3 Å². The van der Waals surface area contributed by atoms with Crippen molar-refractivity contribution in [2.45, 2.75) is 25.7 Å². The molecule has 0 atom stereocenters. The van der Waals surface area contributed by atoms with E-state index in [4.69, 9.17) is 0 Å². The van der Waals surface area contributed by atoms with E-state index in [0.717, 1.165) is 19.3 Å². The van der Waals surface area contributed by atoms with E-state index in [0.29, 0.717) is 24.1 Å². The van der Waals surface area contributed by atoms with E-state index in [-0.39, 0.29) is 17.7 Å². The number of nitrogens with one attached hydrogen (secondary N) is 1. The van der Waals surface area contributed by atoms with Gasteiger partial charge in [-0.15, -0.1) is 0 Å². The maximum Gasteiger partial charge on any atom is 0.261 e. The molecular formula is C15H18N2O3. The number of fused-ring (bicyclic) bond motifs is 1. The summed E-state index contributed by atoms with van der Waals surface area (Å²) in [6.45, 7) is 0.417. The minimum Gasteiger partial charge on any atom is -0.359 e. The molecule has 106 valence electrons. The van der Waals surface area contributed by atoms with Crippen LogP contribution in [0.25, 0.3) is 0 Å². The van der Waals surface area contributed by atoms with E-state index in [2.05, 4.69) is 5.32 Å². The topological polar surface area (TPSA) is 66.5 Å². The molecule has 1 heterocycles. The van der Waals surface area contributed by atoms with Crippen LogP contribution >= 0.6 is 0 Å². The van der Waals surface area contributed by atoms with Gasteiger partial charge in [-0.2, -0.15) is 0 Å². The van der Waals surface area contributed by atoms with Gasteiger partial charge in [-0.05, 0) is 25.0 Å². The molecule has 0 bridgehead atoms. The SMILES string of the molecule is CNC(=O)CCCCCN1C(=O)c2ccccc2C1=O. The molecule has 0 saturated carbocycles. The zero-order valence-corrected chi connectivity index (χ0v) is 11.5. The van der Waals surface area contributed by atoms with Gasteiger partial charge in [0.25, 0.3) is 11.8 Å². The highest BCUT2D eigenvalue weighted by atomic mass is 16.2. The third-order valence-corrected chi connectivity index (χ3v) is 3.44. The minimum atomic E-state index is -0.211. The van der Waals surface area contributed by atoms with Gasteiger partial charge in [0.15, 0.2) is 0 Å². The molecule has 0 radical (unpaired) electrons. The summed E-state index contributed by atoms with van der Waals surface area (Å²) in [4.78, 5) is 36.5. The van der Waals surface area contributed by atoms with E-state index >= 15 is 0 Å². The zero-order valence-electron chi connectivity index (χ0n) is 11.5. The van der Waals surface area contributed by atoms with Crippen molar-refractivity contribution < 1.29 is 14.4 Å². The first kappa shape index (κ1) is 14.2. The predicted octanol–water partition coefficient (Wildman–Crippen LogP) is 1.59. The summed E-state index contributed by atoms with van der Waals surface area (Å²) in [5.41, 5.74) is 0.978. The summed E-state index contributed by atoms with van der Waals surface area (Å²) in [5, 5.41) is 2.57. The Morgan fingerprint density at radius 2 is 1.65 bits per heavy atom. The Bertz CT molecular complexity index is 505. The first-order valence-electron chi connectivity index (χ1n) is 6.81. The van der Waals surface area contributed by atoms with Crippen LogP contribution in [0.1, 0.15) is 46.4 Å². The summed E-state index contributed by atoms with van der Waals surface area (Å²) in [5.74, 6) is -0.403. The van der Waals surface area contributed by atoms with Gasteiger partial charge >= 0.3 is 0 Å². The second-order valence-corrected chi connectivity index (χ2v) is 4.79. The molecule has 1 aliphatic heterocycles. The predicted molar refractivity (Wildman–Crippen MR) is 74.3 cm³/mol. The van der Waals surface area contributed by atoms with Crippen molar-refractivity contribution in [3.05, 3.63) is 35.4 Å². The molecule has 0 aliphatic carbocycles. The van der Waals surface area contributed by atoms with Gasteiger partial charge in [-0.1, -0.05) is 18.6 Å². The van der Waals surface area contributed by atoms with Crippen molar-refractivity contribution in [3.8, 4) is 0 Å². The Balaban J connectivity index is 1.82. The summed E-state index contributed by atoms with van der Waals surface area (Å²) < 4.78 is 0. The van der Waals surface area contributed by atoms with Crippen molar-refractivity contribution in [1.29, 1.82) is 0 Å². The molecule has 0 fully saturated rings. The Labute approximate surface area is 118 Å². The monoisotopic (exact) mass is 274 g/mol. The van der Waals surface area contributed by atoms with E-state index in [9.17, 15) is 14.4 Å². The quantitative estimate of drug-likeness (QED) is 0.632. The fraction of sp³-hybridized carbons (Fsp3) is 0.400. The van der Waals surface area contributed by atoms with Gasteiger partial charge in [-0.25, -0.2) is 0 Å². The highest BCUT2D eigenvalue weighted by Crippen LogP contribution is 2.22. The van der Waals surface area contributed by atoms with Crippen molar-refractivity contribution in [3.63, 3.8) is 0 Å². The Morgan fingerprint density at radius 1 is 1.05 bits per heavy atom.